The molecule has 0 aromatic heterocycles. The highest BCUT2D eigenvalue weighted by Gasteiger charge is 2.39. The Kier molecular flexibility index (Phi) is 6.77. The number of hydrogen-bond acceptors (Lipinski definition) is 3. The molecule has 3 nitrogen and oxygen atoms in total. The highest BCUT2D eigenvalue weighted by Crippen LogP contribution is 2.56. The molecular weight excluding hydrogens is 492 g/mol. The van der Waals surface area contributed by atoms with Crippen molar-refractivity contribution in [1.29, 1.82) is 0 Å². The maximum atomic E-state index is 7.08. The van der Waals surface area contributed by atoms with Gasteiger partial charge in [-0.25, -0.2) is 0 Å². The van der Waals surface area contributed by atoms with E-state index in [4.69, 9.17) is 14.2 Å². The van der Waals surface area contributed by atoms with Crippen LogP contribution in [0.15, 0.2) is 72.8 Å². The summed E-state index contributed by atoms with van der Waals surface area (Å²) in [6.07, 6.45) is 0. The quantitative estimate of drug-likeness (QED) is 0.261. The third-order valence-corrected chi connectivity index (χ3v) is 8.22. The van der Waals surface area contributed by atoms with Crippen molar-refractivity contribution in [3.63, 3.8) is 0 Å². The molecule has 0 bridgehead atoms. The first-order valence-corrected chi connectivity index (χ1v) is 14.1. The van der Waals surface area contributed by atoms with E-state index in [1.807, 2.05) is 24.3 Å². The Morgan fingerprint density at radius 2 is 0.975 bits per heavy atom. The fraction of sp³-hybridized carbons (Fsp3) is 0.351. The highest BCUT2D eigenvalue weighted by atomic mass is 16.5. The second-order valence-corrected chi connectivity index (χ2v) is 13.5. The zero-order valence-electron chi connectivity index (χ0n) is 25.7. The molecule has 5 rings (SSSR count). The van der Waals surface area contributed by atoms with Crippen LogP contribution in [0.4, 0.5) is 0 Å². The van der Waals surface area contributed by atoms with E-state index in [-0.39, 0.29) is 16.2 Å². The first kappa shape index (κ1) is 27.8. The van der Waals surface area contributed by atoms with Crippen molar-refractivity contribution in [2.24, 2.45) is 0 Å². The summed E-state index contributed by atoms with van der Waals surface area (Å²) in [4.78, 5) is 0. The van der Waals surface area contributed by atoms with E-state index in [0.29, 0.717) is 0 Å². The molecule has 0 unspecified atom stereocenters. The van der Waals surface area contributed by atoms with Gasteiger partial charge in [-0.1, -0.05) is 91.8 Å². The summed E-state index contributed by atoms with van der Waals surface area (Å²) < 4.78 is 18.3. The number of fused-ring (bicyclic) bond motifs is 2. The minimum atomic E-state index is -0.299. The molecule has 0 amide bonds. The van der Waals surface area contributed by atoms with Crippen molar-refractivity contribution in [2.45, 2.75) is 71.6 Å². The van der Waals surface area contributed by atoms with Crippen LogP contribution in [-0.2, 0) is 16.2 Å². The molecule has 40 heavy (non-hydrogen) atoms. The van der Waals surface area contributed by atoms with Crippen LogP contribution in [0.25, 0.3) is 22.3 Å². The van der Waals surface area contributed by atoms with Crippen LogP contribution in [0, 0.1) is 0 Å². The monoisotopic (exact) mass is 534 g/mol. The fourth-order valence-corrected chi connectivity index (χ4v) is 5.53. The molecule has 0 saturated carbocycles. The van der Waals surface area contributed by atoms with Crippen LogP contribution >= 0.6 is 0 Å². The lowest BCUT2D eigenvalue weighted by Gasteiger charge is -2.39. The summed E-state index contributed by atoms with van der Waals surface area (Å²) in [6, 6.07) is 25.8. The van der Waals surface area contributed by atoms with E-state index in [2.05, 4.69) is 104 Å². The Morgan fingerprint density at radius 1 is 0.575 bits per heavy atom. The van der Waals surface area contributed by atoms with Gasteiger partial charge in [-0.05, 0) is 69.5 Å². The summed E-state index contributed by atoms with van der Waals surface area (Å²) >= 11 is 0. The van der Waals surface area contributed by atoms with Crippen LogP contribution < -0.4 is 14.2 Å². The Balaban J connectivity index is 1.85. The molecule has 4 aromatic carbocycles. The maximum absolute atomic E-state index is 7.08. The SMILES string of the molecule is COc1cccc(-c2cc(C(C)(C)C)cc3c2Oc2c(-c4cccc(OC)c4)cc(C(C)(C)C)cc2C3(C)C)c1. The van der Waals surface area contributed by atoms with Gasteiger partial charge in [0, 0.05) is 27.7 Å². The second-order valence-electron chi connectivity index (χ2n) is 13.5. The molecule has 1 heterocycles. The summed E-state index contributed by atoms with van der Waals surface area (Å²) in [6.45, 7) is 18.3. The van der Waals surface area contributed by atoms with Crippen molar-refractivity contribution in [2.75, 3.05) is 14.2 Å². The van der Waals surface area contributed by atoms with Gasteiger partial charge in [0.25, 0.3) is 0 Å². The first-order chi connectivity index (χ1) is 18.7. The number of methoxy groups -OCH3 is 2. The van der Waals surface area contributed by atoms with Gasteiger partial charge in [0.2, 0.25) is 0 Å². The third kappa shape index (κ3) is 4.87. The molecule has 3 heteroatoms. The van der Waals surface area contributed by atoms with Gasteiger partial charge >= 0.3 is 0 Å². The van der Waals surface area contributed by atoms with Crippen molar-refractivity contribution < 1.29 is 14.2 Å². The van der Waals surface area contributed by atoms with Crippen molar-refractivity contribution in [3.8, 4) is 45.3 Å². The predicted octanol–water partition coefficient (Wildman–Crippen LogP) is 10.1. The molecule has 0 aliphatic carbocycles. The lowest BCUT2D eigenvalue weighted by molar-refractivity contribution is 0.413. The smallest absolute Gasteiger partial charge is 0.139 e. The lowest BCUT2D eigenvalue weighted by Crippen LogP contribution is -2.27. The second kappa shape index (κ2) is 9.73. The minimum Gasteiger partial charge on any atom is -0.497 e. The Bertz CT molecular complexity index is 1460. The summed E-state index contributed by atoms with van der Waals surface area (Å²) in [5.74, 6) is 3.47. The van der Waals surface area contributed by atoms with E-state index in [9.17, 15) is 0 Å². The minimum absolute atomic E-state index is 0.0297. The van der Waals surface area contributed by atoms with E-state index >= 15 is 0 Å². The topological polar surface area (TPSA) is 27.7 Å². The summed E-state index contributed by atoms with van der Waals surface area (Å²) in [7, 11) is 3.42. The summed E-state index contributed by atoms with van der Waals surface area (Å²) in [5, 5.41) is 0. The lowest BCUT2D eigenvalue weighted by atomic mass is 9.70. The van der Waals surface area contributed by atoms with E-state index in [1.165, 1.54) is 22.3 Å². The van der Waals surface area contributed by atoms with Gasteiger partial charge in [0.1, 0.15) is 23.0 Å². The van der Waals surface area contributed by atoms with Crippen LogP contribution in [0.5, 0.6) is 23.0 Å². The molecule has 1 aliphatic heterocycles. The largest absolute Gasteiger partial charge is 0.497 e. The normalized spacial score (nSPS) is 14.2. The average Bonchev–Trinajstić information content (AvgIpc) is 2.91. The van der Waals surface area contributed by atoms with Crippen LogP contribution in [-0.4, -0.2) is 14.2 Å². The Hall–Kier alpha value is -3.72. The molecular formula is C37H42O3. The fourth-order valence-electron chi connectivity index (χ4n) is 5.53. The van der Waals surface area contributed by atoms with Crippen LogP contribution in [0.3, 0.4) is 0 Å². The van der Waals surface area contributed by atoms with E-state index < -0.39 is 0 Å². The van der Waals surface area contributed by atoms with Crippen molar-refractivity contribution in [1.82, 2.24) is 0 Å². The predicted molar refractivity (Wildman–Crippen MR) is 166 cm³/mol. The molecule has 4 aromatic rings. The standard InChI is InChI=1S/C37H42O3/c1-35(2,3)25-19-29(23-13-11-15-27(17-23)38-9)33-31(21-25)37(7,8)32-22-26(36(4,5)6)20-30(34(32)40-33)24-14-12-16-28(18-24)39-10/h11-22H,1-10H3. The third-order valence-electron chi connectivity index (χ3n) is 8.22. The number of benzene rings is 4. The summed E-state index contributed by atoms with van der Waals surface area (Å²) in [5.41, 5.74) is 8.93. The van der Waals surface area contributed by atoms with Gasteiger partial charge in [0.05, 0.1) is 14.2 Å². The van der Waals surface area contributed by atoms with Crippen molar-refractivity contribution in [3.05, 3.63) is 95.1 Å². The Labute approximate surface area is 240 Å². The molecule has 1 aliphatic rings. The van der Waals surface area contributed by atoms with Gasteiger partial charge < -0.3 is 14.2 Å². The molecule has 0 N–H and O–H groups in total. The zero-order chi connectivity index (χ0) is 29.0. The highest BCUT2D eigenvalue weighted by molar-refractivity contribution is 5.82. The molecule has 208 valence electrons. The maximum Gasteiger partial charge on any atom is 0.139 e. The molecule has 0 radical (unpaired) electrons. The first-order valence-electron chi connectivity index (χ1n) is 14.1. The number of rotatable bonds is 4. The average molecular weight is 535 g/mol. The number of hydrogen-bond donors (Lipinski definition) is 0. The van der Waals surface area contributed by atoms with Crippen LogP contribution in [0.1, 0.15) is 77.6 Å². The van der Waals surface area contributed by atoms with Gasteiger partial charge in [0.15, 0.2) is 0 Å². The van der Waals surface area contributed by atoms with E-state index in [0.717, 1.165) is 45.3 Å². The molecule has 0 saturated heterocycles. The number of ether oxygens (including phenoxy) is 3. The van der Waals surface area contributed by atoms with Crippen molar-refractivity contribution >= 4 is 0 Å². The van der Waals surface area contributed by atoms with Gasteiger partial charge in [-0.3, -0.25) is 0 Å². The molecule has 0 atom stereocenters. The van der Waals surface area contributed by atoms with Gasteiger partial charge in [-0.2, -0.15) is 0 Å². The van der Waals surface area contributed by atoms with E-state index in [1.54, 1.807) is 14.2 Å². The Morgan fingerprint density at radius 3 is 1.32 bits per heavy atom. The van der Waals surface area contributed by atoms with Crippen LogP contribution in [0.2, 0.25) is 0 Å². The zero-order valence-corrected chi connectivity index (χ0v) is 25.7. The van der Waals surface area contributed by atoms with Gasteiger partial charge in [-0.15, -0.1) is 0 Å². The molecule has 0 fully saturated rings. The molecule has 0 spiro atoms.